The number of nitrogens with two attached hydrogens (primary N) is 1. The van der Waals surface area contributed by atoms with Crippen LogP contribution >= 0.6 is 0 Å². The highest BCUT2D eigenvalue weighted by atomic mass is 16.5. The minimum Gasteiger partial charge on any atom is -0.493 e. The third kappa shape index (κ3) is 3.45. The second-order valence-electron chi connectivity index (χ2n) is 4.33. The van der Waals surface area contributed by atoms with Crippen LogP contribution in [0.2, 0.25) is 0 Å². The van der Waals surface area contributed by atoms with Crippen LogP contribution in [0.5, 0.6) is 5.75 Å². The summed E-state index contributed by atoms with van der Waals surface area (Å²) in [6, 6.07) is 7.61. The standard InChI is InChI=1S/C14H23NO2/c1-3-9-14(16,11-15)12-7-5-6-8-13(12)17-10-4-2/h5-8,16H,3-4,9-11,15H2,1-2H3. The molecule has 0 saturated heterocycles. The quantitative estimate of drug-likeness (QED) is 0.765. The Balaban J connectivity index is 3.01. The molecular formula is C14H23NO2. The van der Waals surface area contributed by atoms with Crippen LogP contribution in [-0.2, 0) is 5.60 Å². The Morgan fingerprint density at radius 2 is 1.94 bits per heavy atom. The van der Waals surface area contributed by atoms with E-state index in [1.54, 1.807) is 0 Å². The first-order valence-electron chi connectivity index (χ1n) is 6.32. The molecule has 0 heterocycles. The van der Waals surface area contributed by atoms with Crippen LogP contribution in [0.4, 0.5) is 0 Å². The maximum absolute atomic E-state index is 10.6. The molecule has 0 aliphatic heterocycles. The Morgan fingerprint density at radius 1 is 1.24 bits per heavy atom. The number of para-hydroxylation sites is 1. The Kier molecular flexibility index (Phi) is 5.45. The van der Waals surface area contributed by atoms with Crippen molar-refractivity contribution in [1.29, 1.82) is 0 Å². The van der Waals surface area contributed by atoms with E-state index >= 15 is 0 Å². The first-order valence-corrected chi connectivity index (χ1v) is 6.32. The number of benzene rings is 1. The predicted molar refractivity (Wildman–Crippen MR) is 70.1 cm³/mol. The van der Waals surface area contributed by atoms with Crippen molar-refractivity contribution >= 4 is 0 Å². The Bertz CT molecular complexity index is 341. The summed E-state index contributed by atoms with van der Waals surface area (Å²) in [5.41, 5.74) is 5.55. The average Bonchev–Trinajstić information content (AvgIpc) is 2.37. The molecule has 1 unspecified atom stereocenters. The highest BCUT2D eigenvalue weighted by Gasteiger charge is 2.29. The van der Waals surface area contributed by atoms with Crippen LogP contribution in [-0.4, -0.2) is 18.3 Å². The zero-order valence-electron chi connectivity index (χ0n) is 10.8. The van der Waals surface area contributed by atoms with Crippen LogP contribution in [0.15, 0.2) is 24.3 Å². The maximum Gasteiger partial charge on any atom is 0.125 e. The van der Waals surface area contributed by atoms with Gasteiger partial charge in [0.25, 0.3) is 0 Å². The molecule has 0 aromatic heterocycles. The van der Waals surface area contributed by atoms with E-state index in [2.05, 4.69) is 6.92 Å². The maximum atomic E-state index is 10.6. The lowest BCUT2D eigenvalue weighted by molar-refractivity contribution is 0.0329. The fourth-order valence-electron chi connectivity index (χ4n) is 1.95. The fourth-order valence-corrected chi connectivity index (χ4v) is 1.95. The van der Waals surface area contributed by atoms with Crippen molar-refractivity contribution in [1.82, 2.24) is 0 Å². The molecular weight excluding hydrogens is 214 g/mol. The Labute approximate surface area is 104 Å². The van der Waals surface area contributed by atoms with Gasteiger partial charge in [-0.15, -0.1) is 0 Å². The molecule has 0 amide bonds. The number of hydrogen-bond acceptors (Lipinski definition) is 3. The van der Waals surface area contributed by atoms with Crippen molar-refractivity contribution in [3.63, 3.8) is 0 Å². The van der Waals surface area contributed by atoms with Gasteiger partial charge >= 0.3 is 0 Å². The summed E-state index contributed by atoms with van der Waals surface area (Å²) in [6.45, 7) is 4.97. The van der Waals surface area contributed by atoms with Crippen molar-refractivity contribution in [3.8, 4) is 5.75 Å². The number of ether oxygens (including phenoxy) is 1. The van der Waals surface area contributed by atoms with Gasteiger partial charge in [0.1, 0.15) is 11.4 Å². The largest absolute Gasteiger partial charge is 0.493 e. The minimum atomic E-state index is -0.973. The van der Waals surface area contributed by atoms with Crippen LogP contribution in [0.1, 0.15) is 38.7 Å². The third-order valence-electron chi connectivity index (χ3n) is 2.85. The van der Waals surface area contributed by atoms with Crippen molar-refractivity contribution in [2.75, 3.05) is 13.2 Å². The van der Waals surface area contributed by atoms with Gasteiger partial charge < -0.3 is 15.6 Å². The normalized spacial score (nSPS) is 14.4. The molecule has 96 valence electrons. The average molecular weight is 237 g/mol. The van der Waals surface area contributed by atoms with Gasteiger partial charge in [-0.1, -0.05) is 38.5 Å². The summed E-state index contributed by atoms with van der Waals surface area (Å²) in [5, 5.41) is 10.6. The first-order chi connectivity index (χ1) is 8.18. The Morgan fingerprint density at radius 3 is 2.53 bits per heavy atom. The molecule has 3 nitrogen and oxygen atoms in total. The first kappa shape index (κ1) is 14.0. The zero-order chi connectivity index (χ0) is 12.7. The van der Waals surface area contributed by atoms with Gasteiger partial charge in [0.15, 0.2) is 0 Å². The fraction of sp³-hybridized carbons (Fsp3) is 0.571. The zero-order valence-corrected chi connectivity index (χ0v) is 10.8. The van der Waals surface area contributed by atoms with Gasteiger partial charge in [0.2, 0.25) is 0 Å². The van der Waals surface area contributed by atoms with Crippen molar-refractivity contribution in [3.05, 3.63) is 29.8 Å². The van der Waals surface area contributed by atoms with E-state index in [4.69, 9.17) is 10.5 Å². The van der Waals surface area contributed by atoms with E-state index in [1.807, 2.05) is 31.2 Å². The molecule has 1 atom stereocenters. The molecule has 0 saturated carbocycles. The molecule has 0 bridgehead atoms. The highest BCUT2D eigenvalue weighted by molar-refractivity contribution is 5.38. The summed E-state index contributed by atoms with van der Waals surface area (Å²) in [4.78, 5) is 0. The van der Waals surface area contributed by atoms with E-state index in [9.17, 15) is 5.11 Å². The summed E-state index contributed by atoms with van der Waals surface area (Å²) in [5.74, 6) is 0.746. The van der Waals surface area contributed by atoms with Crippen LogP contribution < -0.4 is 10.5 Å². The van der Waals surface area contributed by atoms with Crippen molar-refractivity contribution in [2.45, 2.75) is 38.7 Å². The van der Waals surface area contributed by atoms with Crippen molar-refractivity contribution in [2.24, 2.45) is 5.73 Å². The van der Waals surface area contributed by atoms with Crippen LogP contribution in [0.25, 0.3) is 0 Å². The summed E-state index contributed by atoms with van der Waals surface area (Å²) in [6.07, 6.45) is 2.48. The predicted octanol–water partition coefficient (Wildman–Crippen LogP) is 2.42. The third-order valence-corrected chi connectivity index (χ3v) is 2.85. The molecule has 0 radical (unpaired) electrons. The minimum absolute atomic E-state index is 0.216. The van der Waals surface area contributed by atoms with E-state index < -0.39 is 5.60 Å². The lowest BCUT2D eigenvalue weighted by Crippen LogP contribution is -2.35. The SMILES string of the molecule is CCCOc1ccccc1C(O)(CN)CCC. The van der Waals surface area contributed by atoms with E-state index in [0.29, 0.717) is 13.0 Å². The summed E-state index contributed by atoms with van der Waals surface area (Å²) in [7, 11) is 0. The molecule has 3 heteroatoms. The second-order valence-corrected chi connectivity index (χ2v) is 4.33. The monoisotopic (exact) mass is 237 g/mol. The molecule has 0 aliphatic rings. The molecule has 1 aromatic carbocycles. The topological polar surface area (TPSA) is 55.5 Å². The highest BCUT2D eigenvalue weighted by Crippen LogP contribution is 2.32. The molecule has 0 spiro atoms. The Hall–Kier alpha value is -1.06. The molecule has 0 aliphatic carbocycles. The number of rotatable bonds is 7. The molecule has 17 heavy (non-hydrogen) atoms. The lowest BCUT2D eigenvalue weighted by Gasteiger charge is -2.28. The number of hydrogen-bond donors (Lipinski definition) is 2. The van der Waals surface area contributed by atoms with Crippen molar-refractivity contribution < 1.29 is 9.84 Å². The van der Waals surface area contributed by atoms with E-state index in [-0.39, 0.29) is 6.54 Å². The van der Waals surface area contributed by atoms with Gasteiger partial charge in [-0.05, 0) is 18.9 Å². The molecule has 1 aromatic rings. The summed E-state index contributed by atoms with van der Waals surface area (Å²) < 4.78 is 5.67. The lowest BCUT2D eigenvalue weighted by atomic mass is 9.88. The van der Waals surface area contributed by atoms with Gasteiger partial charge in [-0.25, -0.2) is 0 Å². The van der Waals surface area contributed by atoms with E-state index in [1.165, 1.54) is 0 Å². The summed E-state index contributed by atoms with van der Waals surface area (Å²) >= 11 is 0. The molecule has 3 N–H and O–H groups in total. The van der Waals surface area contributed by atoms with Crippen LogP contribution in [0, 0.1) is 0 Å². The van der Waals surface area contributed by atoms with Gasteiger partial charge in [0.05, 0.1) is 6.61 Å². The second kappa shape index (κ2) is 6.62. The number of aliphatic hydroxyl groups is 1. The smallest absolute Gasteiger partial charge is 0.125 e. The van der Waals surface area contributed by atoms with Gasteiger partial charge in [0, 0.05) is 12.1 Å². The van der Waals surface area contributed by atoms with Gasteiger partial charge in [-0.3, -0.25) is 0 Å². The molecule has 1 rings (SSSR count). The van der Waals surface area contributed by atoms with Gasteiger partial charge in [-0.2, -0.15) is 0 Å². The van der Waals surface area contributed by atoms with Crippen LogP contribution in [0.3, 0.4) is 0 Å². The van der Waals surface area contributed by atoms with E-state index in [0.717, 1.165) is 24.2 Å². The molecule has 0 fully saturated rings.